The molecule has 0 aliphatic rings. The Bertz CT molecular complexity index is 3740. The monoisotopic (exact) mass is 822 g/mol. The molecule has 0 radical (unpaired) electrons. The highest BCUT2D eigenvalue weighted by Crippen LogP contribution is 2.50. The van der Waals surface area contributed by atoms with Gasteiger partial charge in [0.15, 0.2) is 0 Å². The van der Waals surface area contributed by atoms with Crippen LogP contribution in [-0.4, -0.2) is 9.13 Å². The van der Waals surface area contributed by atoms with Crippen LogP contribution in [0, 0.1) is 18.6 Å². The number of hydrogen-bond donors (Lipinski definition) is 0. The van der Waals surface area contributed by atoms with Gasteiger partial charge in [-0.1, -0.05) is 109 Å². The number of fused-ring (bicyclic) bond motifs is 14. The Morgan fingerprint density at radius 2 is 0.754 bits per heavy atom. The molecule has 288 valence electrons. The van der Waals surface area contributed by atoms with Gasteiger partial charge < -0.3 is 9.13 Å². The van der Waals surface area contributed by atoms with Crippen LogP contribution >= 0.6 is 22.7 Å². The number of benzene rings is 9. The molecule has 0 atom stereocenters. The van der Waals surface area contributed by atoms with Crippen molar-refractivity contribution in [2.75, 3.05) is 0 Å². The maximum Gasteiger partial charge on any atom is 0.131 e. The number of thiophene rings is 2. The molecular weight excluding hydrogens is 791 g/mol. The molecule has 0 saturated heterocycles. The van der Waals surface area contributed by atoms with Gasteiger partial charge in [-0.2, -0.15) is 0 Å². The minimum atomic E-state index is -0.338. The minimum Gasteiger partial charge on any atom is -0.309 e. The van der Waals surface area contributed by atoms with Gasteiger partial charge in [0.25, 0.3) is 0 Å². The van der Waals surface area contributed by atoms with Gasteiger partial charge in [-0.25, -0.2) is 8.78 Å². The van der Waals surface area contributed by atoms with E-state index in [4.69, 9.17) is 0 Å². The molecule has 0 fully saturated rings. The molecule has 4 aromatic heterocycles. The summed E-state index contributed by atoms with van der Waals surface area (Å²) in [5.74, 6) is -0.677. The first-order valence-electron chi connectivity index (χ1n) is 20.4. The van der Waals surface area contributed by atoms with Gasteiger partial charge in [0.1, 0.15) is 11.6 Å². The van der Waals surface area contributed by atoms with Gasteiger partial charge in [-0.05, 0) is 79.2 Å². The van der Waals surface area contributed by atoms with Crippen molar-refractivity contribution < 1.29 is 8.78 Å². The first kappa shape index (κ1) is 34.7. The normalized spacial score (nSPS) is 12.2. The lowest BCUT2D eigenvalue weighted by Crippen LogP contribution is -2.07. The van der Waals surface area contributed by atoms with Crippen LogP contribution in [0.4, 0.5) is 8.78 Å². The summed E-state index contributed by atoms with van der Waals surface area (Å²) in [7, 11) is 0. The number of hydrogen-bond acceptors (Lipinski definition) is 2. The molecule has 13 aromatic rings. The third kappa shape index (κ3) is 4.80. The summed E-state index contributed by atoms with van der Waals surface area (Å²) in [6.07, 6.45) is 0. The summed E-state index contributed by atoms with van der Waals surface area (Å²) >= 11 is 3.61. The molecule has 6 heteroatoms. The van der Waals surface area contributed by atoms with Crippen LogP contribution in [0.2, 0.25) is 0 Å². The third-order valence-electron chi connectivity index (χ3n) is 12.7. The van der Waals surface area contributed by atoms with Crippen molar-refractivity contribution in [1.82, 2.24) is 9.13 Å². The van der Waals surface area contributed by atoms with Gasteiger partial charge in [0.05, 0.1) is 33.4 Å². The van der Waals surface area contributed by atoms with Crippen molar-refractivity contribution in [2.24, 2.45) is 0 Å². The van der Waals surface area contributed by atoms with Gasteiger partial charge in [0, 0.05) is 84.1 Å². The Morgan fingerprint density at radius 3 is 1.21 bits per heavy atom. The number of halogens is 2. The second-order valence-corrected chi connectivity index (χ2v) is 18.0. The standard InChI is InChI=1S/C55H32F2N2S2/c1-31-50(32-14-2-8-20-38(32)56)44(58-40-22-10-4-16-34(40)52-42(58)26-28-48-54(52)36-18-6-12-24-46(36)60-48)30-45(51(31)33-15-3-9-21-39(33)57)59-41-23-11-5-17-35(41)53-43(59)27-29-49-55(53)37-19-7-13-25-47(37)61-49/h2-30H,1H3. The highest BCUT2D eigenvalue weighted by Gasteiger charge is 2.28. The predicted octanol–water partition coefficient (Wildman–Crippen LogP) is 16.5. The zero-order chi connectivity index (χ0) is 40.5. The average molecular weight is 823 g/mol. The fourth-order valence-corrected chi connectivity index (χ4v) is 12.4. The second-order valence-electron chi connectivity index (χ2n) is 15.8. The van der Waals surface area contributed by atoms with E-state index in [0.717, 1.165) is 60.5 Å². The lowest BCUT2D eigenvalue weighted by atomic mass is 9.88. The van der Waals surface area contributed by atoms with Crippen LogP contribution in [0.25, 0.3) is 118 Å². The Morgan fingerprint density at radius 1 is 0.361 bits per heavy atom. The number of aromatic nitrogens is 2. The van der Waals surface area contributed by atoms with Crippen molar-refractivity contribution >= 4 is 107 Å². The van der Waals surface area contributed by atoms with Gasteiger partial charge >= 0.3 is 0 Å². The van der Waals surface area contributed by atoms with E-state index in [-0.39, 0.29) is 11.6 Å². The molecular formula is C55H32F2N2S2. The van der Waals surface area contributed by atoms with E-state index in [9.17, 15) is 0 Å². The van der Waals surface area contributed by atoms with Crippen LogP contribution in [0.5, 0.6) is 0 Å². The first-order chi connectivity index (χ1) is 30.0. The summed E-state index contributed by atoms with van der Waals surface area (Å²) in [6.45, 7) is 2.04. The van der Waals surface area contributed by atoms with E-state index < -0.39 is 0 Å². The predicted molar refractivity (Wildman–Crippen MR) is 256 cm³/mol. The Balaban J connectivity index is 1.26. The van der Waals surface area contributed by atoms with Crippen LogP contribution in [-0.2, 0) is 0 Å². The van der Waals surface area contributed by atoms with Crippen molar-refractivity contribution in [3.63, 3.8) is 0 Å². The molecule has 0 amide bonds. The number of rotatable bonds is 4. The quantitative estimate of drug-likeness (QED) is 0.167. The highest BCUT2D eigenvalue weighted by molar-refractivity contribution is 7.26. The molecule has 0 spiro atoms. The summed E-state index contributed by atoms with van der Waals surface area (Å²) in [5, 5.41) is 9.42. The smallest absolute Gasteiger partial charge is 0.131 e. The molecule has 0 unspecified atom stereocenters. The largest absolute Gasteiger partial charge is 0.309 e. The Labute approximate surface area is 356 Å². The molecule has 0 saturated carbocycles. The van der Waals surface area contributed by atoms with Crippen molar-refractivity contribution in [3.05, 3.63) is 193 Å². The van der Waals surface area contributed by atoms with Gasteiger partial charge in [-0.15, -0.1) is 22.7 Å². The van der Waals surface area contributed by atoms with Gasteiger partial charge in [0.2, 0.25) is 0 Å². The molecule has 0 aliphatic carbocycles. The van der Waals surface area contributed by atoms with E-state index in [1.807, 2.05) is 31.2 Å². The van der Waals surface area contributed by atoms with E-state index in [1.165, 1.54) is 52.5 Å². The Kier molecular flexibility index (Phi) is 7.36. The second kappa shape index (κ2) is 12.9. The lowest BCUT2D eigenvalue weighted by molar-refractivity contribution is 0.630. The SMILES string of the molecule is Cc1c(-c2ccccc2F)c(-n2c3ccccc3c3c4c(ccc32)sc2ccccc24)cc(-n2c3ccccc3c3c4c(ccc32)sc2ccccc24)c1-c1ccccc1F. The summed E-state index contributed by atoms with van der Waals surface area (Å²) in [5.41, 5.74) is 8.82. The van der Waals surface area contributed by atoms with Crippen molar-refractivity contribution in [3.8, 4) is 33.6 Å². The summed E-state index contributed by atoms with van der Waals surface area (Å²) in [6, 6.07) is 59.4. The maximum absolute atomic E-state index is 16.6. The van der Waals surface area contributed by atoms with E-state index in [1.54, 1.807) is 34.8 Å². The Hall–Kier alpha value is -7.12. The number of nitrogens with zero attached hydrogens (tertiary/aromatic N) is 2. The lowest BCUT2D eigenvalue weighted by Gasteiger charge is -2.24. The molecule has 4 heterocycles. The molecule has 61 heavy (non-hydrogen) atoms. The molecule has 9 aromatic carbocycles. The van der Waals surface area contributed by atoms with E-state index >= 15 is 8.78 Å². The number of para-hydroxylation sites is 2. The topological polar surface area (TPSA) is 9.86 Å². The minimum absolute atomic E-state index is 0.338. The van der Waals surface area contributed by atoms with Gasteiger partial charge in [-0.3, -0.25) is 0 Å². The molecule has 2 nitrogen and oxygen atoms in total. The maximum atomic E-state index is 16.6. The molecule has 0 N–H and O–H groups in total. The average Bonchev–Trinajstić information content (AvgIpc) is 4.04. The first-order valence-corrected chi connectivity index (χ1v) is 22.0. The highest BCUT2D eigenvalue weighted by atomic mass is 32.1. The third-order valence-corrected chi connectivity index (χ3v) is 14.9. The molecule has 0 aliphatic heterocycles. The van der Waals surface area contributed by atoms with Crippen LogP contribution in [0.1, 0.15) is 5.56 Å². The van der Waals surface area contributed by atoms with Crippen LogP contribution in [0.3, 0.4) is 0 Å². The van der Waals surface area contributed by atoms with E-state index in [2.05, 4.69) is 137 Å². The van der Waals surface area contributed by atoms with Crippen LogP contribution in [0.15, 0.2) is 176 Å². The zero-order valence-electron chi connectivity index (χ0n) is 32.7. The molecule has 13 rings (SSSR count). The summed E-state index contributed by atoms with van der Waals surface area (Å²) in [4.78, 5) is 0. The summed E-state index contributed by atoms with van der Waals surface area (Å²) < 4.78 is 42.8. The van der Waals surface area contributed by atoms with Crippen molar-refractivity contribution in [2.45, 2.75) is 6.92 Å². The zero-order valence-corrected chi connectivity index (χ0v) is 34.3. The fourth-order valence-electron chi connectivity index (χ4n) is 10.2. The fraction of sp³-hybridized carbons (Fsp3) is 0.0182. The molecule has 0 bridgehead atoms. The van der Waals surface area contributed by atoms with Crippen molar-refractivity contribution in [1.29, 1.82) is 0 Å². The van der Waals surface area contributed by atoms with Crippen LogP contribution < -0.4 is 0 Å². The van der Waals surface area contributed by atoms with E-state index in [0.29, 0.717) is 22.3 Å².